The van der Waals surface area contributed by atoms with Crippen LogP contribution in [0.15, 0.2) is 29.5 Å². The molecule has 2 aromatic heterocycles. The van der Waals surface area contributed by atoms with Gasteiger partial charge in [0, 0.05) is 29.5 Å². The maximum Gasteiger partial charge on any atom is 0.255 e. The molecule has 0 saturated carbocycles. The van der Waals surface area contributed by atoms with Crippen molar-refractivity contribution >= 4 is 28.4 Å². The van der Waals surface area contributed by atoms with E-state index in [1.165, 1.54) is 0 Å². The van der Waals surface area contributed by atoms with E-state index < -0.39 is 0 Å². The minimum atomic E-state index is -0.166. The van der Waals surface area contributed by atoms with Crippen LogP contribution in [0.2, 0.25) is 0 Å². The number of fused-ring (bicyclic) bond motifs is 2. The van der Waals surface area contributed by atoms with Gasteiger partial charge < -0.3 is 10.2 Å². The number of allylic oxidation sites excluding steroid dienone is 1. The zero-order valence-corrected chi connectivity index (χ0v) is 13.5. The number of nitrogens with zero attached hydrogens (tertiary/aromatic N) is 6. The predicted molar refractivity (Wildman–Crippen MR) is 88.4 cm³/mol. The molecule has 3 heterocycles. The lowest BCUT2D eigenvalue weighted by molar-refractivity contribution is -0.113. The Hall–Kier alpha value is -3.23. The van der Waals surface area contributed by atoms with Crippen LogP contribution in [0, 0.1) is 6.92 Å². The molecule has 1 aromatic carbocycles. The first-order valence-electron chi connectivity index (χ1n) is 7.50. The van der Waals surface area contributed by atoms with E-state index in [2.05, 4.69) is 31.0 Å². The number of benzene rings is 1. The van der Waals surface area contributed by atoms with Gasteiger partial charge in [-0.2, -0.15) is 5.10 Å². The average Bonchev–Trinajstić information content (AvgIpc) is 3.18. The number of hydrogen-bond donors (Lipinski definition) is 2. The Balaban J connectivity index is 1.63. The van der Waals surface area contributed by atoms with E-state index in [0.29, 0.717) is 18.1 Å². The molecule has 9 nitrogen and oxygen atoms in total. The van der Waals surface area contributed by atoms with Crippen molar-refractivity contribution in [3.8, 4) is 0 Å². The van der Waals surface area contributed by atoms with Gasteiger partial charge in [0.25, 0.3) is 5.91 Å². The normalized spacial score (nSPS) is 14.2. The summed E-state index contributed by atoms with van der Waals surface area (Å²) in [5.41, 5.74) is 4.02. The maximum absolute atomic E-state index is 12.7. The Labute approximate surface area is 137 Å². The second-order valence-corrected chi connectivity index (χ2v) is 5.79. The van der Waals surface area contributed by atoms with E-state index in [-0.39, 0.29) is 5.91 Å². The van der Waals surface area contributed by atoms with Crippen molar-refractivity contribution in [1.82, 2.24) is 30.4 Å². The fraction of sp³-hybridized carbons (Fsp3) is 0.267. The number of carbonyl (C=O) groups excluding carboxylic acids is 1. The number of aromatic amines is 1. The minimum absolute atomic E-state index is 0.166. The van der Waals surface area contributed by atoms with E-state index in [9.17, 15) is 4.79 Å². The van der Waals surface area contributed by atoms with Gasteiger partial charge in [-0.3, -0.25) is 9.89 Å². The molecule has 0 saturated heterocycles. The molecule has 9 heteroatoms. The number of nitrogens with one attached hydrogen (secondary N) is 2. The lowest BCUT2D eigenvalue weighted by Crippen LogP contribution is -2.32. The fourth-order valence-electron chi connectivity index (χ4n) is 2.82. The first kappa shape index (κ1) is 14.4. The molecule has 122 valence electrons. The van der Waals surface area contributed by atoms with Crippen molar-refractivity contribution in [2.75, 3.05) is 17.3 Å². The number of carbonyl (C=O) groups is 1. The molecule has 3 aromatic rings. The summed E-state index contributed by atoms with van der Waals surface area (Å²) in [6, 6.07) is 5.63. The number of anilines is 2. The van der Waals surface area contributed by atoms with Gasteiger partial charge in [-0.15, -0.1) is 0 Å². The summed E-state index contributed by atoms with van der Waals surface area (Å²) >= 11 is 0. The number of aryl methyl sites for hydroxylation is 1. The van der Waals surface area contributed by atoms with Crippen LogP contribution >= 0.6 is 0 Å². The van der Waals surface area contributed by atoms with E-state index in [1.807, 2.05) is 44.0 Å². The smallest absolute Gasteiger partial charge is 0.255 e. The topological polar surface area (TPSA) is 105 Å². The molecule has 1 amide bonds. The van der Waals surface area contributed by atoms with Crippen LogP contribution < -0.4 is 10.2 Å². The van der Waals surface area contributed by atoms with Crippen molar-refractivity contribution in [3.63, 3.8) is 0 Å². The molecule has 2 N–H and O–H groups in total. The highest BCUT2D eigenvalue weighted by Crippen LogP contribution is 2.25. The molecule has 0 bridgehead atoms. The molecule has 0 aliphatic carbocycles. The summed E-state index contributed by atoms with van der Waals surface area (Å²) in [6.45, 7) is 4.18. The van der Waals surface area contributed by atoms with Crippen LogP contribution in [0.25, 0.3) is 10.9 Å². The van der Waals surface area contributed by atoms with Gasteiger partial charge in [0.2, 0.25) is 5.95 Å². The van der Waals surface area contributed by atoms with Crippen LogP contribution in [-0.2, 0) is 11.3 Å². The van der Waals surface area contributed by atoms with E-state index in [0.717, 1.165) is 28.0 Å². The van der Waals surface area contributed by atoms with Crippen molar-refractivity contribution in [2.24, 2.45) is 0 Å². The quantitative estimate of drug-likeness (QED) is 0.734. The van der Waals surface area contributed by atoms with Gasteiger partial charge >= 0.3 is 0 Å². The van der Waals surface area contributed by atoms with Crippen LogP contribution in [0.4, 0.5) is 11.6 Å². The van der Waals surface area contributed by atoms with Crippen molar-refractivity contribution in [3.05, 3.63) is 35.2 Å². The zero-order valence-electron chi connectivity index (χ0n) is 13.5. The molecule has 24 heavy (non-hydrogen) atoms. The van der Waals surface area contributed by atoms with Crippen molar-refractivity contribution in [1.29, 1.82) is 0 Å². The standard InChI is InChI=1S/C15H16N8O/c1-8-11-6-10(4-5-13(11)18-17-8)16-14(24)12-7-23-15(19-20-21-23)22(3)9(12)2/h4-6H,7H2,1-3H3,(H,16,24)(H,17,18). The maximum atomic E-state index is 12.7. The molecular formula is C15H16N8O. The van der Waals surface area contributed by atoms with Gasteiger partial charge in [0.05, 0.1) is 17.6 Å². The van der Waals surface area contributed by atoms with Crippen molar-refractivity contribution in [2.45, 2.75) is 20.4 Å². The molecule has 0 unspecified atom stereocenters. The van der Waals surface area contributed by atoms with Gasteiger partial charge in [0.15, 0.2) is 0 Å². The Morgan fingerprint density at radius 2 is 2.17 bits per heavy atom. The van der Waals surface area contributed by atoms with Crippen LogP contribution in [0.3, 0.4) is 0 Å². The Kier molecular flexibility index (Phi) is 3.08. The molecule has 4 rings (SSSR count). The Morgan fingerprint density at radius 1 is 1.33 bits per heavy atom. The molecule has 1 aliphatic rings. The monoisotopic (exact) mass is 324 g/mol. The number of aromatic nitrogens is 6. The average molecular weight is 324 g/mol. The summed E-state index contributed by atoms with van der Waals surface area (Å²) in [5.74, 6) is 0.459. The van der Waals surface area contributed by atoms with E-state index >= 15 is 0 Å². The number of rotatable bonds is 2. The third-order valence-corrected chi connectivity index (χ3v) is 4.34. The zero-order chi connectivity index (χ0) is 16.8. The van der Waals surface area contributed by atoms with Crippen LogP contribution in [0.5, 0.6) is 0 Å². The highest BCUT2D eigenvalue weighted by Gasteiger charge is 2.26. The highest BCUT2D eigenvalue weighted by atomic mass is 16.1. The Bertz CT molecular complexity index is 982. The SMILES string of the molecule is CC1=C(C(=O)Nc2ccc3n[nH]c(C)c3c2)Cn2nnnc2N1C. The number of H-pyrrole nitrogens is 1. The summed E-state index contributed by atoms with van der Waals surface area (Å²) in [6.07, 6.45) is 0. The van der Waals surface area contributed by atoms with Gasteiger partial charge in [-0.1, -0.05) is 5.10 Å². The summed E-state index contributed by atoms with van der Waals surface area (Å²) in [5, 5.41) is 22.6. The third kappa shape index (κ3) is 2.13. The number of tetrazole rings is 1. The predicted octanol–water partition coefficient (Wildman–Crippen LogP) is 1.22. The molecule has 1 aliphatic heterocycles. The Morgan fingerprint density at radius 3 is 3.00 bits per heavy atom. The highest BCUT2D eigenvalue weighted by molar-refractivity contribution is 6.05. The lowest BCUT2D eigenvalue weighted by atomic mass is 10.1. The second-order valence-electron chi connectivity index (χ2n) is 5.79. The number of hydrogen-bond acceptors (Lipinski definition) is 6. The first-order valence-corrected chi connectivity index (χ1v) is 7.50. The summed E-state index contributed by atoms with van der Waals surface area (Å²) in [7, 11) is 1.84. The molecule has 0 spiro atoms. The summed E-state index contributed by atoms with van der Waals surface area (Å²) < 4.78 is 1.60. The van der Waals surface area contributed by atoms with Crippen molar-refractivity contribution < 1.29 is 4.79 Å². The lowest BCUT2D eigenvalue weighted by Gasteiger charge is -2.26. The van der Waals surface area contributed by atoms with Crippen LogP contribution in [0.1, 0.15) is 12.6 Å². The van der Waals surface area contributed by atoms with Gasteiger partial charge in [-0.05, 0) is 42.5 Å². The van der Waals surface area contributed by atoms with E-state index in [1.54, 1.807) is 4.68 Å². The first-order chi connectivity index (χ1) is 11.5. The molecule has 0 radical (unpaired) electrons. The minimum Gasteiger partial charge on any atom is -0.322 e. The fourth-order valence-corrected chi connectivity index (χ4v) is 2.82. The van der Waals surface area contributed by atoms with Gasteiger partial charge in [0.1, 0.15) is 0 Å². The van der Waals surface area contributed by atoms with Crippen LogP contribution in [-0.4, -0.2) is 43.4 Å². The second kappa shape index (κ2) is 5.15. The summed E-state index contributed by atoms with van der Waals surface area (Å²) in [4.78, 5) is 14.5. The third-order valence-electron chi connectivity index (χ3n) is 4.34. The molecule has 0 fully saturated rings. The molecule has 0 atom stereocenters. The number of amides is 1. The van der Waals surface area contributed by atoms with Gasteiger partial charge in [-0.25, -0.2) is 4.68 Å². The largest absolute Gasteiger partial charge is 0.322 e. The van der Waals surface area contributed by atoms with E-state index in [4.69, 9.17) is 0 Å². The molecular weight excluding hydrogens is 308 g/mol.